The van der Waals surface area contributed by atoms with Gasteiger partial charge in [-0.3, -0.25) is 4.79 Å². The minimum atomic E-state index is 0.0275. The van der Waals surface area contributed by atoms with Gasteiger partial charge in [-0.15, -0.1) is 0 Å². The number of benzene rings is 1. The molecule has 0 saturated heterocycles. The molecule has 1 aromatic rings. The summed E-state index contributed by atoms with van der Waals surface area (Å²) in [4.78, 5) is 15.1. The molecule has 21 heavy (non-hydrogen) atoms. The van der Waals surface area contributed by atoms with Gasteiger partial charge in [0.2, 0.25) is 5.91 Å². The third-order valence-corrected chi connectivity index (χ3v) is 3.65. The van der Waals surface area contributed by atoms with Gasteiger partial charge < -0.3 is 14.5 Å². The molecule has 0 N–H and O–H groups in total. The van der Waals surface area contributed by atoms with Crippen LogP contribution in [-0.2, 0) is 4.79 Å². The van der Waals surface area contributed by atoms with Crippen molar-refractivity contribution in [2.75, 3.05) is 40.8 Å². The highest BCUT2D eigenvalue weighted by Gasteiger charge is 2.00. The zero-order valence-electron chi connectivity index (χ0n) is 12.9. The van der Waals surface area contributed by atoms with Gasteiger partial charge in [0.25, 0.3) is 0 Å². The standard InChI is InChI=1S/C16H23IN2O2/c1-18(2)16(20)6-4-5-11-19(3)12-13-21-15-9-7-14(17)8-10-15/h4,6-10H,5,11-13H2,1-3H3/b6-4+. The van der Waals surface area contributed by atoms with Gasteiger partial charge in [0.1, 0.15) is 12.4 Å². The summed E-state index contributed by atoms with van der Waals surface area (Å²) in [5.74, 6) is 0.931. The van der Waals surface area contributed by atoms with Gasteiger partial charge in [-0.05, 0) is 66.4 Å². The minimum Gasteiger partial charge on any atom is -0.492 e. The number of likely N-dealkylation sites (N-methyl/N-ethyl adjacent to an activating group) is 2. The van der Waals surface area contributed by atoms with E-state index in [9.17, 15) is 4.79 Å². The van der Waals surface area contributed by atoms with Crippen LogP contribution in [0.2, 0.25) is 0 Å². The molecule has 1 aromatic carbocycles. The van der Waals surface area contributed by atoms with Crippen LogP contribution in [0.1, 0.15) is 6.42 Å². The predicted octanol–water partition coefficient (Wildman–Crippen LogP) is 2.64. The van der Waals surface area contributed by atoms with Crippen LogP contribution in [0, 0.1) is 3.57 Å². The van der Waals surface area contributed by atoms with E-state index < -0.39 is 0 Å². The van der Waals surface area contributed by atoms with Gasteiger partial charge in [0, 0.05) is 30.8 Å². The van der Waals surface area contributed by atoms with Crippen molar-refractivity contribution in [3.05, 3.63) is 40.0 Å². The zero-order chi connectivity index (χ0) is 15.7. The molecule has 0 unspecified atom stereocenters. The quantitative estimate of drug-likeness (QED) is 0.495. The van der Waals surface area contributed by atoms with Crippen molar-refractivity contribution >= 4 is 28.5 Å². The summed E-state index contributed by atoms with van der Waals surface area (Å²) >= 11 is 2.27. The first-order chi connectivity index (χ1) is 9.99. The van der Waals surface area contributed by atoms with Crippen LogP contribution < -0.4 is 4.74 Å². The lowest BCUT2D eigenvalue weighted by atomic mass is 10.3. The first-order valence-corrected chi connectivity index (χ1v) is 8.01. The summed E-state index contributed by atoms with van der Waals surface area (Å²) in [5, 5.41) is 0. The molecule has 1 rings (SSSR count). The Bertz CT molecular complexity index is 458. The van der Waals surface area contributed by atoms with Gasteiger partial charge in [-0.1, -0.05) is 6.08 Å². The molecule has 0 heterocycles. The summed E-state index contributed by atoms with van der Waals surface area (Å²) in [7, 11) is 5.56. The molecular formula is C16H23IN2O2. The Morgan fingerprint density at radius 2 is 1.86 bits per heavy atom. The number of rotatable bonds is 8. The average molecular weight is 402 g/mol. The molecule has 0 spiro atoms. The van der Waals surface area contributed by atoms with Crippen molar-refractivity contribution < 1.29 is 9.53 Å². The summed E-state index contributed by atoms with van der Waals surface area (Å²) in [5.41, 5.74) is 0. The van der Waals surface area contributed by atoms with Crippen molar-refractivity contribution in [1.82, 2.24) is 9.80 Å². The Balaban J connectivity index is 2.15. The number of ether oxygens (including phenoxy) is 1. The van der Waals surface area contributed by atoms with E-state index in [2.05, 4.69) is 34.5 Å². The highest BCUT2D eigenvalue weighted by molar-refractivity contribution is 14.1. The highest BCUT2D eigenvalue weighted by Crippen LogP contribution is 2.13. The van der Waals surface area contributed by atoms with E-state index in [0.717, 1.165) is 25.3 Å². The van der Waals surface area contributed by atoms with Crippen LogP contribution in [0.15, 0.2) is 36.4 Å². The first kappa shape index (κ1) is 18.0. The van der Waals surface area contributed by atoms with Crippen molar-refractivity contribution in [2.45, 2.75) is 6.42 Å². The molecule has 0 aliphatic rings. The number of hydrogen-bond donors (Lipinski definition) is 0. The summed E-state index contributed by atoms with van der Waals surface area (Å²) in [6, 6.07) is 8.03. The van der Waals surface area contributed by atoms with Crippen molar-refractivity contribution in [3.8, 4) is 5.75 Å². The molecule has 0 atom stereocenters. The van der Waals surface area contributed by atoms with Gasteiger partial charge in [0.05, 0.1) is 0 Å². The molecule has 1 amide bonds. The Labute approximate surface area is 140 Å². The second-order valence-corrected chi connectivity index (χ2v) is 6.27. The van der Waals surface area contributed by atoms with Crippen molar-refractivity contribution in [3.63, 3.8) is 0 Å². The second-order valence-electron chi connectivity index (χ2n) is 5.03. The SMILES string of the molecule is CN(CC/C=C/C(=O)N(C)C)CCOc1ccc(I)cc1. The Hall–Kier alpha value is -1.08. The Kier molecular flexibility index (Phi) is 8.37. The van der Waals surface area contributed by atoms with E-state index in [-0.39, 0.29) is 5.91 Å². The Morgan fingerprint density at radius 3 is 2.48 bits per heavy atom. The van der Waals surface area contributed by atoms with E-state index in [4.69, 9.17) is 4.74 Å². The number of amides is 1. The van der Waals surface area contributed by atoms with Crippen LogP contribution in [0.25, 0.3) is 0 Å². The lowest BCUT2D eigenvalue weighted by molar-refractivity contribution is -0.123. The van der Waals surface area contributed by atoms with Crippen molar-refractivity contribution in [1.29, 1.82) is 0 Å². The molecule has 0 radical (unpaired) electrons. The van der Waals surface area contributed by atoms with Gasteiger partial charge in [0.15, 0.2) is 0 Å². The van der Waals surface area contributed by atoms with Gasteiger partial charge >= 0.3 is 0 Å². The smallest absolute Gasteiger partial charge is 0.245 e. The number of halogens is 1. The molecule has 116 valence electrons. The molecule has 0 bridgehead atoms. The molecule has 0 aromatic heterocycles. The topological polar surface area (TPSA) is 32.8 Å². The van der Waals surface area contributed by atoms with Crippen molar-refractivity contribution in [2.24, 2.45) is 0 Å². The lowest BCUT2D eigenvalue weighted by Gasteiger charge is -2.16. The fourth-order valence-electron chi connectivity index (χ4n) is 1.59. The predicted molar refractivity (Wildman–Crippen MR) is 94.6 cm³/mol. The van der Waals surface area contributed by atoms with E-state index in [1.807, 2.05) is 30.3 Å². The fraction of sp³-hybridized carbons (Fsp3) is 0.438. The fourth-order valence-corrected chi connectivity index (χ4v) is 1.95. The third kappa shape index (κ3) is 8.06. The zero-order valence-corrected chi connectivity index (χ0v) is 15.0. The molecule has 5 heteroatoms. The van der Waals surface area contributed by atoms with Gasteiger partial charge in [-0.25, -0.2) is 0 Å². The van der Waals surface area contributed by atoms with Crippen LogP contribution >= 0.6 is 22.6 Å². The van der Waals surface area contributed by atoms with Gasteiger partial charge in [-0.2, -0.15) is 0 Å². The summed E-state index contributed by atoms with van der Waals surface area (Å²) in [6.07, 6.45) is 4.40. The third-order valence-electron chi connectivity index (χ3n) is 2.93. The largest absolute Gasteiger partial charge is 0.492 e. The van der Waals surface area contributed by atoms with E-state index in [0.29, 0.717) is 6.61 Å². The van der Waals surface area contributed by atoms with Crippen LogP contribution in [0.5, 0.6) is 5.75 Å². The molecule has 0 saturated carbocycles. The van der Waals surface area contributed by atoms with E-state index >= 15 is 0 Å². The maximum Gasteiger partial charge on any atom is 0.245 e. The summed E-state index contributed by atoms with van der Waals surface area (Å²) in [6.45, 7) is 2.44. The van der Waals surface area contributed by atoms with E-state index in [1.54, 1.807) is 25.1 Å². The minimum absolute atomic E-state index is 0.0275. The maximum atomic E-state index is 11.3. The average Bonchev–Trinajstić information content (AvgIpc) is 2.45. The van der Waals surface area contributed by atoms with Crippen LogP contribution in [0.4, 0.5) is 0 Å². The number of hydrogen-bond acceptors (Lipinski definition) is 3. The molecule has 0 aliphatic heterocycles. The first-order valence-electron chi connectivity index (χ1n) is 6.94. The maximum absolute atomic E-state index is 11.3. The highest BCUT2D eigenvalue weighted by atomic mass is 127. The second kappa shape index (κ2) is 9.78. The Morgan fingerprint density at radius 1 is 1.19 bits per heavy atom. The van der Waals surface area contributed by atoms with E-state index in [1.165, 1.54) is 3.57 Å². The lowest BCUT2D eigenvalue weighted by Crippen LogP contribution is -2.25. The normalized spacial score (nSPS) is 11.1. The monoisotopic (exact) mass is 402 g/mol. The summed E-state index contributed by atoms with van der Waals surface area (Å²) < 4.78 is 6.89. The number of carbonyl (C=O) groups excluding carboxylic acids is 1. The number of carbonyl (C=O) groups is 1. The van der Waals surface area contributed by atoms with Crippen LogP contribution in [0.3, 0.4) is 0 Å². The van der Waals surface area contributed by atoms with Crippen LogP contribution in [-0.4, -0.2) is 56.5 Å². The molecular weight excluding hydrogens is 379 g/mol. The molecule has 4 nitrogen and oxygen atoms in total. The molecule has 0 aliphatic carbocycles. The number of nitrogens with zero attached hydrogens (tertiary/aromatic N) is 2. The molecule has 0 fully saturated rings.